The number of rotatable bonds is 3. The summed E-state index contributed by atoms with van der Waals surface area (Å²) in [5.74, 6) is -0.660. The van der Waals surface area contributed by atoms with Crippen LogP contribution >= 0.6 is 11.3 Å². The molecule has 8 heteroatoms. The van der Waals surface area contributed by atoms with Gasteiger partial charge in [-0.15, -0.1) is 0 Å². The maximum atomic E-state index is 12.7. The summed E-state index contributed by atoms with van der Waals surface area (Å²) >= 11 is 0.790. The van der Waals surface area contributed by atoms with Gasteiger partial charge in [0.05, 0.1) is 22.4 Å². The second kappa shape index (κ2) is 5.28. The second-order valence-corrected chi connectivity index (χ2v) is 4.93. The Hall–Kier alpha value is -1.83. The summed E-state index contributed by atoms with van der Waals surface area (Å²) in [5.41, 5.74) is -0.775. The van der Waals surface area contributed by atoms with Crippen LogP contribution in [0.25, 0.3) is 10.2 Å². The fourth-order valence-electron chi connectivity index (χ4n) is 1.72. The molecule has 1 heterocycles. The monoisotopic (exact) mass is 305 g/mol. The molecule has 0 bridgehead atoms. The van der Waals surface area contributed by atoms with Gasteiger partial charge in [-0.05, 0) is 25.1 Å². The Labute approximate surface area is 115 Å². The molecule has 2 aromatic rings. The zero-order chi connectivity index (χ0) is 14.9. The molecular formula is C12H10F3NO3S. The molecule has 0 radical (unpaired) electrons. The topological polar surface area (TPSA) is 48.3 Å². The van der Waals surface area contributed by atoms with Crippen LogP contribution in [0.3, 0.4) is 0 Å². The number of halogens is 3. The van der Waals surface area contributed by atoms with Crippen LogP contribution in [-0.4, -0.2) is 17.1 Å². The third kappa shape index (κ3) is 2.84. The largest absolute Gasteiger partial charge is 0.465 e. The molecule has 20 heavy (non-hydrogen) atoms. The Morgan fingerprint density at radius 1 is 1.40 bits per heavy atom. The number of benzene rings is 1. The summed E-state index contributed by atoms with van der Waals surface area (Å²) in [5, 5.41) is 0. The summed E-state index contributed by atoms with van der Waals surface area (Å²) < 4.78 is 44.1. The molecule has 4 nitrogen and oxygen atoms in total. The summed E-state index contributed by atoms with van der Waals surface area (Å²) in [6, 6.07) is 3.01. The van der Waals surface area contributed by atoms with Gasteiger partial charge < -0.3 is 4.74 Å². The van der Waals surface area contributed by atoms with E-state index >= 15 is 0 Å². The summed E-state index contributed by atoms with van der Waals surface area (Å²) in [6.07, 6.45) is -4.50. The third-order valence-corrected chi connectivity index (χ3v) is 3.55. The Morgan fingerprint density at radius 2 is 2.10 bits per heavy atom. The highest BCUT2D eigenvalue weighted by atomic mass is 32.1. The predicted molar refractivity (Wildman–Crippen MR) is 67.7 cm³/mol. The van der Waals surface area contributed by atoms with E-state index in [1.165, 1.54) is 6.07 Å². The van der Waals surface area contributed by atoms with Crippen LogP contribution in [0.2, 0.25) is 0 Å². The predicted octanol–water partition coefficient (Wildman–Crippen LogP) is 2.64. The van der Waals surface area contributed by atoms with Gasteiger partial charge in [0.25, 0.3) is 0 Å². The maximum Gasteiger partial charge on any atom is 0.416 e. The number of nitrogens with zero attached hydrogens (tertiary/aromatic N) is 1. The molecule has 1 aromatic heterocycles. The lowest BCUT2D eigenvalue weighted by atomic mass is 10.2. The smallest absolute Gasteiger partial charge is 0.416 e. The van der Waals surface area contributed by atoms with Crippen molar-refractivity contribution in [3.63, 3.8) is 0 Å². The highest BCUT2D eigenvalue weighted by molar-refractivity contribution is 7.16. The number of carbonyl (C=O) groups excluding carboxylic acids is 1. The quantitative estimate of drug-likeness (QED) is 0.819. The van der Waals surface area contributed by atoms with Crippen molar-refractivity contribution in [1.29, 1.82) is 0 Å². The Kier molecular flexibility index (Phi) is 3.85. The van der Waals surface area contributed by atoms with Crippen molar-refractivity contribution in [2.75, 3.05) is 6.61 Å². The maximum absolute atomic E-state index is 12.7. The van der Waals surface area contributed by atoms with Crippen LogP contribution in [0.4, 0.5) is 13.2 Å². The fourth-order valence-corrected chi connectivity index (χ4v) is 2.59. The van der Waals surface area contributed by atoms with Gasteiger partial charge in [-0.1, -0.05) is 11.3 Å². The summed E-state index contributed by atoms with van der Waals surface area (Å²) in [6.45, 7) is 1.35. The van der Waals surface area contributed by atoms with Gasteiger partial charge in [0.2, 0.25) is 0 Å². The molecule has 1 aromatic carbocycles. The first kappa shape index (κ1) is 14.6. The number of alkyl halides is 3. The molecule has 0 amide bonds. The lowest BCUT2D eigenvalue weighted by Gasteiger charge is -2.08. The van der Waals surface area contributed by atoms with Crippen LogP contribution in [0.15, 0.2) is 23.0 Å². The number of hydrogen-bond donors (Lipinski definition) is 0. The molecule has 0 aliphatic heterocycles. The van der Waals surface area contributed by atoms with E-state index in [4.69, 9.17) is 4.74 Å². The van der Waals surface area contributed by atoms with E-state index in [-0.39, 0.29) is 12.1 Å². The molecule has 108 valence electrons. The minimum absolute atomic E-state index is 0.0860. The summed E-state index contributed by atoms with van der Waals surface area (Å²) in [4.78, 5) is 22.6. The molecule has 0 aliphatic rings. The first-order valence-electron chi connectivity index (χ1n) is 5.69. The van der Waals surface area contributed by atoms with Gasteiger partial charge in [0.15, 0.2) is 0 Å². The molecule has 0 N–H and O–H groups in total. The van der Waals surface area contributed by atoms with Crippen molar-refractivity contribution in [3.8, 4) is 0 Å². The standard InChI is InChI=1S/C12H10F3NO3S/c1-2-19-10(17)6-16-8-5-7(12(13,14)15)3-4-9(8)20-11(16)18/h3-5H,2,6H2,1H3. The van der Waals surface area contributed by atoms with Crippen molar-refractivity contribution in [2.45, 2.75) is 19.6 Å². The first-order chi connectivity index (χ1) is 9.32. The number of fused-ring (bicyclic) bond motifs is 1. The Morgan fingerprint density at radius 3 is 2.70 bits per heavy atom. The van der Waals surface area contributed by atoms with Crippen LogP contribution in [0.5, 0.6) is 0 Å². The highest BCUT2D eigenvalue weighted by Gasteiger charge is 2.31. The van der Waals surface area contributed by atoms with Gasteiger partial charge >= 0.3 is 17.0 Å². The molecular weight excluding hydrogens is 295 g/mol. The highest BCUT2D eigenvalue weighted by Crippen LogP contribution is 2.31. The molecule has 0 aliphatic carbocycles. The minimum atomic E-state index is -4.50. The fraction of sp³-hybridized carbons (Fsp3) is 0.333. The van der Waals surface area contributed by atoms with Gasteiger partial charge in [-0.2, -0.15) is 13.2 Å². The van der Waals surface area contributed by atoms with Crippen LogP contribution in [0.1, 0.15) is 12.5 Å². The van der Waals surface area contributed by atoms with E-state index in [9.17, 15) is 22.8 Å². The van der Waals surface area contributed by atoms with Crippen LogP contribution < -0.4 is 4.87 Å². The SMILES string of the molecule is CCOC(=O)Cn1c(=O)sc2ccc(C(F)(F)F)cc21. The van der Waals surface area contributed by atoms with Gasteiger partial charge in [0.1, 0.15) is 6.54 Å². The second-order valence-electron chi connectivity index (χ2n) is 3.94. The summed E-state index contributed by atoms with van der Waals surface area (Å²) in [7, 11) is 0. The van der Waals surface area contributed by atoms with E-state index in [1.54, 1.807) is 6.92 Å². The van der Waals surface area contributed by atoms with Gasteiger partial charge in [-0.25, -0.2) is 0 Å². The lowest BCUT2D eigenvalue weighted by molar-refractivity contribution is -0.143. The number of ether oxygens (including phenoxy) is 1. The number of carbonyl (C=O) groups is 1. The van der Waals surface area contributed by atoms with Crippen molar-refractivity contribution in [1.82, 2.24) is 4.57 Å². The van der Waals surface area contributed by atoms with E-state index in [1.807, 2.05) is 0 Å². The number of hydrogen-bond acceptors (Lipinski definition) is 4. The average molecular weight is 305 g/mol. The molecule has 2 rings (SSSR count). The van der Waals surface area contributed by atoms with Crippen molar-refractivity contribution >= 4 is 27.5 Å². The number of thiazole rings is 1. The van der Waals surface area contributed by atoms with Crippen LogP contribution in [0, 0.1) is 0 Å². The van der Waals surface area contributed by atoms with Crippen LogP contribution in [-0.2, 0) is 22.3 Å². The zero-order valence-corrected chi connectivity index (χ0v) is 11.2. The van der Waals surface area contributed by atoms with E-state index in [0.717, 1.165) is 28.0 Å². The number of esters is 1. The third-order valence-electron chi connectivity index (χ3n) is 2.59. The van der Waals surface area contributed by atoms with Crippen molar-refractivity contribution < 1.29 is 22.7 Å². The molecule has 0 atom stereocenters. The molecule has 0 fully saturated rings. The molecule has 0 unspecified atom stereocenters. The lowest BCUT2D eigenvalue weighted by Crippen LogP contribution is -2.21. The van der Waals surface area contributed by atoms with Gasteiger partial charge in [0, 0.05) is 0 Å². The normalized spacial score (nSPS) is 11.8. The number of aromatic nitrogens is 1. The van der Waals surface area contributed by atoms with E-state index in [2.05, 4.69) is 0 Å². The zero-order valence-electron chi connectivity index (χ0n) is 10.4. The average Bonchev–Trinajstić information content (AvgIpc) is 2.64. The molecule has 0 spiro atoms. The molecule has 0 saturated heterocycles. The van der Waals surface area contributed by atoms with E-state index in [0.29, 0.717) is 4.70 Å². The van der Waals surface area contributed by atoms with Crippen molar-refractivity contribution in [2.24, 2.45) is 0 Å². The first-order valence-corrected chi connectivity index (χ1v) is 6.50. The van der Waals surface area contributed by atoms with E-state index < -0.39 is 29.1 Å². The van der Waals surface area contributed by atoms with Gasteiger partial charge in [-0.3, -0.25) is 14.2 Å². The van der Waals surface area contributed by atoms with Crippen molar-refractivity contribution in [3.05, 3.63) is 33.4 Å². The minimum Gasteiger partial charge on any atom is -0.465 e. The Bertz CT molecular complexity index is 702. The molecule has 0 saturated carbocycles. The Balaban J connectivity index is 2.50.